The van der Waals surface area contributed by atoms with E-state index < -0.39 is 0 Å². The SMILES string of the molecule is c1ccc(-c2cccc3c2oc2c(N(c4ccc(-c5cccc6sc7ccccc7c56)cc4)c4ccc5c(c4)oc4ccccc45)cccc23)cc1. The predicted octanol–water partition coefficient (Wildman–Crippen LogP) is 14.7. The van der Waals surface area contributed by atoms with Gasteiger partial charge in [0.25, 0.3) is 0 Å². The highest BCUT2D eigenvalue weighted by Crippen LogP contribution is 2.46. The van der Waals surface area contributed by atoms with Crippen LogP contribution in [-0.4, -0.2) is 0 Å². The van der Waals surface area contributed by atoms with Crippen molar-refractivity contribution in [2.24, 2.45) is 0 Å². The van der Waals surface area contributed by atoms with E-state index in [-0.39, 0.29) is 0 Å². The Morgan fingerprint density at radius 1 is 0.385 bits per heavy atom. The summed E-state index contributed by atoms with van der Waals surface area (Å²) in [6.45, 7) is 0. The van der Waals surface area contributed by atoms with Gasteiger partial charge >= 0.3 is 0 Å². The van der Waals surface area contributed by atoms with Crippen molar-refractivity contribution in [3.8, 4) is 22.3 Å². The van der Waals surface area contributed by atoms with E-state index in [1.54, 1.807) is 0 Å². The van der Waals surface area contributed by atoms with E-state index in [4.69, 9.17) is 8.83 Å². The van der Waals surface area contributed by atoms with Crippen molar-refractivity contribution in [1.82, 2.24) is 0 Å². The number of rotatable bonds is 5. The molecule has 11 aromatic rings. The quantitative estimate of drug-likeness (QED) is 0.181. The van der Waals surface area contributed by atoms with Gasteiger partial charge in [-0.1, -0.05) is 121 Å². The monoisotopic (exact) mass is 683 g/mol. The summed E-state index contributed by atoms with van der Waals surface area (Å²) in [4.78, 5) is 2.30. The van der Waals surface area contributed by atoms with Crippen LogP contribution in [0.2, 0.25) is 0 Å². The average Bonchev–Trinajstić information content (AvgIpc) is 3.90. The van der Waals surface area contributed by atoms with Crippen molar-refractivity contribution in [2.75, 3.05) is 4.90 Å². The third-order valence-corrected chi connectivity index (χ3v) is 11.4. The zero-order valence-corrected chi connectivity index (χ0v) is 28.7. The van der Waals surface area contributed by atoms with Gasteiger partial charge in [0.1, 0.15) is 16.7 Å². The van der Waals surface area contributed by atoms with Gasteiger partial charge in [-0.05, 0) is 65.2 Å². The number of benzene rings is 8. The van der Waals surface area contributed by atoms with E-state index in [0.717, 1.165) is 72.1 Å². The minimum Gasteiger partial charge on any atom is -0.456 e. The fourth-order valence-electron chi connectivity index (χ4n) is 7.91. The molecule has 244 valence electrons. The maximum atomic E-state index is 6.94. The number of furan rings is 2. The molecule has 0 atom stereocenters. The second-order valence-electron chi connectivity index (χ2n) is 13.2. The van der Waals surface area contributed by atoms with Crippen molar-refractivity contribution in [2.45, 2.75) is 0 Å². The fraction of sp³-hybridized carbons (Fsp3) is 0. The highest BCUT2D eigenvalue weighted by Gasteiger charge is 2.22. The van der Waals surface area contributed by atoms with Crippen LogP contribution < -0.4 is 4.90 Å². The number of fused-ring (bicyclic) bond motifs is 9. The molecule has 8 aromatic carbocycles. The van der Waals surface area contributed by atoms with Gasteiger partial charge in [0.2, 0.25) is 0 Å². The first-order valence-electron chi connectivity index (χ1n) is 17.5. The fourth-order valence-corrected chi connectivity index (χ4v) is 9.04. The van der Waals surface area contributed by atoms with Crippen molar-refractivity contribution < 1.29 is 8.83 Å². The van der Waals surface area contributed by atoms with Crippen molar-refractivity contribution >= 4 is 92.4 Å². The first-order valence-corrected chi connectivity index (χ1v) is 18.3. The molecular formula is C48H29NO2S. The lowest BCUT2D eigenvalue weighted by molar-refractivity contribution is 0.668. The van der Waals surface area contributed by atoms with Gasteiger partial charge < -0.3 is 13.7 Å². The van der Waals surface area contributed by atoms with Crippen LogP contribution in [0.15, 0.2) is 185 Å². The predicted molar refractivity (Wildman–Crippen MR) is 219 cm³/mol. The second-order valence-corrected chi connectivity index (χ2v) is 14.3. The lowest BCUT2D eigenvalue weighted by atomic mass is 9.99. The molecule has 0 aliphatic heterocycles. The topological polar surface area (TPSA) is 29.5 Å². The molecule has 4 heteroatoms. The summed E-state index contributed by atoms with van der Waals surface area (Å²) in [6.07, 6.45) is 0. The number of anilines is 3. The molecular weight excluding hydrogens is 655 g/mol. The van der Waals surface area contributed by atoms with Crippen LogP contribution in [0.5, 0.6) is 0 Å². The standard InChI is InChI=1S/C48H29NO2S/c1-2-11-30(12-3-1)35-16-8-17-38-39-18-9-19-41(48(39)51-47(35)38)49(33-27-28-37-36-13-4-6-20-42(36)50-43(37)29-33)32-25-23-31(24-26-32)34-15-10-22-45-46(34)40-14-5-7-21-44(40)52-45/h1-29H. The Hall–Kier alpha value is -6.62. The molecule has 0 spiro atoms. The van der Waals surface area contributed by atoms with E-state index in [1.165, 1.54) is 31.3 Å². The summed E-state index contributed by atoms with van der Waals surface area (Å²) in [5, 5.41) is 6.99. The van der Waals surface area contributed by atoms with Crippen molar-refractivity contribution in [1.29, 1.82) is 0 Å². The number of nitrogens with zero attached hydrogens (tertiary/aromatic N) is 1. The Balaban J connectivity index is 1.12. The molecule has 0 unspecified atom stereocenters. The van der Waals surface area contributed by atoms with Gasteiger partial charge in [-0.3, -0.25) is 0 Å². The maximum Gasteiger partial charge on any atom is 0.159 e. The van der Waals surface area contributed by atoms with Gasteiger partial charge in [-0.15, -0.1) is 11.3 Å². The van der Waals surface area contributed by atoms with Gasteiger partial charge in [-0.2, -0.15) is 0 Å². The Labute approximate surface area is 303 Å². The van der Waals surface area contributed by atoms with Crippen LogP contribution in [0.3, 0.4) is 0 Å². The molecule has 3 nitrogen and oxygen atoms in total. The molecule has 0 fully saturated rings. The van der Waals surface area contributed by atoms with Crippen LogP contribution in [0.4, 0.5) is 17.1 Å². The largest absolute Gasteiger partial charge is 0.456 e. The molecule has 0 saturated heterocycles. The smallest absolute Gasteiger partial charge is 0.159 e. The van der Waals surface area contributed by atoms with Gasteiger partial charge in [0.05, 0.1) is 11.4 Å². The molecule has 0 N–H and O–H groups in total. The molecule has 11 rings (SSSR count). The minimum atomic E-state index is 0.837. The molecule has 0 aliphatic carbocycles. The molecule has 0 amide bonds. The van der Waals surface area contributed by atoms with Gasteiger partial charge in [0.15, 0.2) is 5.58 Å². The van der Waals surface area contributed by atoms with Crippen LogP contribution in [0, 0.1) is 0 Å². The number of thiophene rings is 1. The summed E-state index contributed by atoms with van der Waals surface area (Å²) in [6, 6.07) is 62.3. The number of para-hydroxylation sites is 3. The highest BCUT2D eigenvalue weighted by atomic mass is 32.1. The molecule has 52 heavy (non-hydrogen) atoms. The number of hydrogen-bond donors (Lipinski definition) is 0. The normalized spacial score (nSPS) is 11.8. The summed E-state index contributed by atoms with van der Waals surface area (Å²) < 4.78 is 16.0. The second kappa shape index (κ2) is 11.5. The average molecular weight is 684 g/mol. The zero-order valence-electron chi connectivity index (χ0n) is 27.9. The molecule has 3 heterocycles. The molecule has 0 saturated carbocycles. The Morgan fingerprint density at radius 2 is 1.02 bits per heavy atom. The van der Waals surface area contributed by atoms with Gasteiger partial charge in [-0.25, -0.2) is 0 Å². The zero-order chi connectivity index (χ0) is 34.2. The van der Waals surface area contributed by atoms with E-state index in [0.29, 0.717) is 0 Å². The Kier molecular flexibility index (Phi) is 6.42. The minimum absolute atomic E-state index is 0.837. The Bertz CT molecular complexity index is 3130. The summed E-state index contributed by atoms with van der Waals surface area (Å²) in [5.41, 5.74) is 11.1. The number of hydrogen-bond acceptors (Lipinski definition) is 4. The molecule has 0 radical (unpaired) electrons. The lowest BCUT2D eigenvalue weighted by Crippen LogP contribution is -2.10. The third-order valence-electron chi connectivity index (χ3n) is 10.3. The third kappa shape index (κ3) is 4.45. The summed E-state index contributed by atoms with van der Waals surface area (Å²) in [7, 11) is 0. The van der Waals surface area contributed by atoms with E-state index in [2.05, 4.69) is 163 Å². The van der Waals surface area contributed by atoms with Crippen molar-refractivity contribution in [3.63, 3.8) is 0 Å². The summed E-state index contributed by atoms with van der Waals surface area (Å²) in [5.74, 6) is 0. The molecule has 0 aliphatic rings. The molecule has 3 aromatic heterocycles. The van der Waals surface area contributed by atoms with E-state index in [1.807, 2.05) is 29.5 Å². The first kappa shape index (κ1) is 29.1. The highest BCUT2D eigenvalue weighted by molar-refractivity contribution is 7.25. The first-order chi connectivity index (χ1) is 25.8. The van der Waals surface area contributed by atoms with Crippen LogP contribution in [-0.2, 0) is 0 Å². The Morgan fingerprint density at radius 3 is 1.90 bits per heavy atom. The van der Waals surface area contributed by atoms with Gasteiger partial charge in [0, 0.05) is 59.0 Å². The van der Waals surface area contributed by atoms with Crippen LogP contribution in [0.25, 0.3) is 86.3 Å². The maximum absolute atomic E-state index is 6.94. The van der Waals surface area contributed by atoms with Crippen LogP contribution >= 0.6 is 11.3 Å². The van der Waals surface area contributed by atoms with E-state index >= 15 is 0 Å². The van der Waals surface area contributed by atoms with E-state index in [9.17, 15) is 0 Å². The van der Waals surface area contributed by atoms with Crippen LogP contribution in [0.1, 0.15) is 0 Å². The molecule has 0 bridgehead atoms. The summed E-state index contributed by atoms with van der Waals surface area (Å²) >= 11 is 1.85. The van der Waals surface area contributed by atoms with Crippen molar-refractivity contribution in [3.05, 3.63) is 176 Å². The lowest BCUT2D eigenvalue weighted by Gasteiger charge is -2.25.